The van der Waals surface area contributed by atoms with E-state index in [1.54, 1.807) is 43.2 Å². The molecule has 9 heteroatoms. The highest BCUT2D eigenvalue weighted by Crippen LogP contribution is 2.22. The third-order valence-electron chi connectivity index (χ3n) is 6.28. The number of aryl methyl sites for hydroxylation is 1. The maximum atomic E-state index is 13.4. The van der Waals surface area contributed by atoms with Gasteiger partial charge < -0.3 is 15.0 Å². The minimum atomic E-state index is -3.55. The summed E-state index contributed by atoms with van der Waals surface area (Å²) in [5.74, 6) is 0.217. The van der Waals surface area contributed by atoms with Crippen LogP contribution >= 0.6 is 0 Å². The molecule has 2 aromatic carbocycles. The molecule has 0 radical (unpaired) electrons. The second-order valence-corrected chi connectivity index (χ2v) is 11.0. The maximum Gasteiger partial charge on any atom is 0.242 e. The van der Waals surface area contributed by atoms with Gasteiger partial charge in [-0.05, 0) is 69.0 Å². The molecule has 0 aromatic heterocycles. The van der Waals surface area contributed by atoms with Crippen molar-refractivity contribution in [2.75, 3.05) is 24.2 Å². The molecule has 0 bridgehead atoms. The first-order chi connectivity index (χ1) is 17.0. The van der Waals surface area contributed by atoms with Crippen LogP contribution < -0.4 is 14.4 Å². The second-order valence-electron chi connectivity index (χ2n) is 9.08. The molecule has 0 fully saturated rings. The number of carbonyl (C=O) groups is 2. The SMILES string of the molecule is CCC(C)NC(=O)C(C)N(Cc1ccccc1C)C(=O)CCCN(c1ccc(OC)cc1)S(C)(=O)=O. The average Bonchev–Trinajstić information content (AvgIpc) is 2.84. The van der Waals surface area contributed by atoms with Gasteiger partial charge in [0.25, 0.3) is 0 Å². The number of rotatable bonds is 13. The molecule has 0 aliphatic heterocycles. The lowest BCUT2D eigenvalue weighted by Gasteiger charge is -2.30. The van der Waals surface area contributed by atoms with E-state index in [-0.39, 0.29) is 30.8 Å². The summed E-state index contributed by atoms with van der Waals surface area (Å²) in [6.45, 7) is 8.06. The lowest BCUT2D eigenvalue weighted by molar-refractivity contribution is -0.140. The molecule has 36 heavy (non-hydrogen) atoms. The summed E-state index contributed by atoms with van der Waals surface area (Å²) in [7, 11) is -2.01. The zero-order valence-electron chi connectivity index (χ0n) is 22.2. The van der Waals surface area contributed by atoms with E-state index in [0.29, 0.717) is 24.4 Å². The Bertz CT molecular complexity index is 1120. The van der Waals surface area contributed by atoms with Crippen LogP contribution in [0.2, 0.25) is 0 Å². The Morgan fingerprint density at radius 2 is 1.69 bits per heavy atom. The molecule has 2 aromatic rings. The highest BCUT2D eigenvalue weighted by molar-refractivity contribution is 7.92. The van der Waals surface area contributed by atoms with Crippen molar-refractivity contribution >= 4 is 27.5 Å². The standard InChI is InChI=1S/C27H39N3O5S/c1-7-21(3)28-27(32)22(4)29(19-23-12-9-8-11-20(23)2)26(31)13-10-18-30(36(6,33)34)24-14-16-25(35-5)17-15-24/h8-9,11-12,14-17,21-22H,7,10,13,18-19H2,1-6H3,(H,28,32). The molecule has 2 unspecified atom stereocenters. The largest absolute Gasteiger partial charge is 0.497 e. The van der Waals surface area contributed by atoms with Crippen LogP contribution in [0, 0.1) is 6.92 Å². The summed E-state index contributed by atoms with van der Waals surface area (Å²) in [4.78, 5) is 27.8. The molecular formula is C27H39N3O5S. The monoisotopic (exact) mass is 517 g/mol. The summed E-state index contributed by atoms with van der Waals surface area (Å²) in [5.41, 5.74) is 2.50. The molecule has 0 saturated carbocycles. The zero-order valence-corrected chi connectivity index (χ0v) is 23.0. The van der Waals surface area contributed by atoms with Gasteiger partial charge in [0.2, 0.25) is 21.8 Å². The van der Waals surface area contributed by atoms with E-state index in [9.17, 15) is 18.0 Å². The Hall–Kier alpha value is -3.07. The van der Waals surface area contributed by atoms with Crippen LogP contribution in [0.3, 0.4) is 0 Å². The van der Waals surface area contributed by atoms with Crippen LogP contribution in [0.5, 0.6) is 5.75 Å². The van der Waals surface area contributed by atoms with Gasteiger partial charge in [0.1, 0.15) is 11.8 Å². The van der Waals surface area contributed by atoms with E-state index in [1.165, 1.54) is 4.31 Å². The van der Waals surface area contributed by atoms with Gasteiger partial charge in [-0.2, -0.15) is 0 Å². The van der Waals surface area contributed by atoms with E-state index in [0.717, 1.165) is 23.8 Å². The number of methoxy groups -OCH3 is 1. The van der Waals surface area contributed by atoms with Crippen molar-refractivity contribution in [2.24, 2.45) is 0 Å². The Balaban J connectivity index is 2.18. The quantitative estimate of drug-likeness (QED) is 0.435. The lowest BCUT2D eigenvalue weighted by atomic mass is 10.1. The highest BCUT2D eigenvalue weighted by Gasteiger charge is 2.27. The van der Waals surface area contributed by atoms with Crippen molar-refractivity contribution in [3.8, 4) is 5.75 Å². The molecule has 0 aliphatic carbocycles. The Kier molecular flexibility index (Phi) is 10.8. The van der Waals surface area contributed by atoms with Crippen LogP contribution in [0.4, 0.5) is 5.69 Å². The topological polar surface area (TPSA) is 96.0 Å². The van der Waals surface area contributed by atoms with Crippen molar-refractivity contribution in [1.82, 2.24) is 10.2 Å². The number of anilines is 1. The smallest absolute Gasteiger partial charge is 0.242 e. The summed E-state index contributed by atoms with van der Waals surface area (Å²) in [6.07, 6.45) is 2.35. The molecule has 0 spiro atoms. The van der Waals surface area contributed by atoms with E-state index in [4.69, 9.17) is 4.74 Å². The molecule has 1 N–H and O–H groups in total. The van der Waals surface area contributed by atoms with Gasteiger partial charge in [0.15, 0.2) is 0 Å². The first-order valence-corrected chi connectivity index (χ1v) is 14.1. The van der Waals surface area contributed by atoms with Crippen LogP contribution in [0.1, 0.15) is 51.2 Å². The van der Waals surface area contributed by atoms with Crippen LogP contribution in [0.25, 0.3) is 0 Å². The van der Waals surface area contributed by atoms with E-state index >= 15 is 0 Å². The van der Waals surface area contributed by atoms with E-state index in [1.807, 2.05) is 45.0 Å². The van der Waals surface area contributed by atoms with Crippen LogP contribution in [-0.4, -0.2) is 57.1 Å². The van der Waals surface area contributed by atoms with Crippen molar-refractivity contribution in [3.63, 3.8) is 0 Å². The fraction of sp³-hybridized carbons (Fsp3) is 0.481. The summed E-state index contributed by atoms with van der Waals surface area (Å²) >= 11 is 0. The van der Waals surface area contributed by atoms with Gasteiger partial charge in [-0.1, -0.05) is 31.2 Å². The van der Waals surface area contributed by atoms with Gasteiger partial charge in [-0.15, -0.1) is 0 Å². The zero-order chi connectivity index (χ0) is 26.9. The van der Waals surface area contributed by atoms with Crippen molar-refractivity contribution in [3.05, 3.63) is 59.7 Å². The van der Waals surface area contributed by atoms with Gasteiger partial charge in [-0.3, -0.25) is 13.9 Å². The van der Waals surface area contributed by atoms with E-state index < -0.39 is 16.1 Å². The maximum absolute atomic E-state index is 13.4. The number of hydrogen-bond acceptors (Lipinski definition) is 5. The summed E-state index contributed by atoms with van der Waals surface area (Å²) in [5, 5.41) is 2.96. The molecule has 0 aliphatic rings. The van der Waals surface area contributed by atoms with Gasteiger partial charge in [-0.25, -0.2) is 8.42 Å². The third kappa shape index (κ3) is 8.26. The highest BCUT2D eigenvalue weighted by atomic mass is 32.2. The molecule has 2 amide bonds. The molecule has 198 valence electrons. The fourth-order valence-corrected chi connectivity index (χ4v) is 4.74. The van der Waals surface area contributed by atoms with Crippen LogP contribution in [-0.2, 0) is 26.2 Å². The first-order valence-electron chi connectivity index (χ1n) is 12.2. The Labute approximate surface area is 215 Å². The third-order valence-corrected chi connectivity index (χ3v) is 7.48. The van der Waals surface area contributed by atoms with Gasteiger partial charge in [0, 0.05) is 25.6 Å². The number of ether oxygens (including phenoxy) is 1. The number of benzene rings is 2. The van der Waals surface area contributed by atoms with E-state index in [2.05, 4.69) is 5.32 Å². The Morgan fingerprint density at radius 1 is 1.06 bits per heavy atom. The van der Waals surface area contributed by atoms with Crippen molar-refractivity contribution in [1.29, 1.82) is 0 Å². The second kappa shape index (κ2) is 13.3. The minimum absolute atomic E-state index is 0.00294. The van der Waals surface area contributed by atoms with Gasteiger partial charge in [0.05, 0.1) is 19.1 Å². The predicted molar refractivity (Wildman–Crippen MR) is 144 cm³/mol. The molecule has 0 heterocycles. The molecule has 0 saturated heterocycles. The fourth-order valence-electron chi connectivity index (χ4n) is 3.77. The molecule has 2 rings (SSSR count). The Morgan fingerprint density at radius 3 is 2.25 bits per heavy atom. The number of amides is 2. The summed E-state index contributed by atoms with van der Waals surface area (Å²) < 4.78 is 31.3. The van der Waals surface area contributed by atoms with Gasteiger partial charge >= 0.3 is 0 Å². The summed E-state index contributed by atoms with van der Waals surface area (Å²) in [6, 6.07) is 13.8. The minimum Gasteiger partial charge on any atom is -0.497 e. The first kappa shape index (κ1) is 29.2. The molecular weight excluding hydrogens is 478 g/mol. The number of carbonyl (C=O) groups excluding carboxylic acids is 2. The predicted octanol–water partition coefficient (Wildman–Crippen LogP) is 3.88. The molecule has 8 nitrogen and oxygen atoms in total. The normalized spacial score (nSPS) is 12.9. The number of nitrogens with zero attached hydrogens (tertiary/aromatic N) is 2. The number of sulfonamides is 1. The lowest BCUT2D eigenvalue weighted by Crippen LogP contribution is -2.49. The molecule has 2 atom stereocenters. The number of hydrogen-bond donors (Lipinski definition) is 1. The average molecular weight is 518 g/mol. The van der Waals surface area contributed by atoms with Crippen molar-refractivity contribution in [2.45, 2.75) is 65.6 Å². The van der Waals surface area contributed by atoms with Crippen LogP contribution in [0.15, 0.2) is 48.5 Å². The van der Waals surface area contributed by atoms with Crippen molar-refractivity contribution < 1.29 is 22.7 Å². The number of nitrogens with one attached hydrogen (secondary N) is 1.